The van der Waals surface area contributed by atoms with Crippen molar-refractivity contribution in [1.82, 2.24) is 10.3 Å². The zero-order chi connectivity index (χ0) is 13.5. The summed E-state index contributed by atoms with van der Waals surface area (Å²) in [6.07, 6.45) is 6.36. The Morgan fingerprint density at radius 2 is 2.16 bits per heavy atom. The third-order valence-corrected chi connectivity index (χ3v) is 3.95. The van der Waals surface area contributed by atoms with Gasteiger partial charge in [-0.05, 0) is 49.1 Å². The quantitative estimate of drug-likeness (QED) is 0.825. The molecular weight excluding hydrogens is 252 g/mol. The van der Waals surface area contributed by atoms with Crippen LogP contribution in [-0.2, 0) is 0 Å². The van der Waals surface area contributed by atoms with E-state index in [-0.39, 0.29) is 0 Å². The zero-order valence-electron chi connectivity index (χ0n) is 11.7. The number of fused-ring (bicyclic) bond motifs is 1. The first-order valence-electron chi connectivity index (χ1n) is 6.92. The van der Waals surface area contributed by atoms with Crippen LogP contribution in [0.4, 0.5) is 0 Å². The average Bonchev–Trinajstić information content (AvgIpc) is 2.47. The van der Waals surface area contributed by atoms with Crippen molar-refractivity contribution in [2.24, 2.45) is 0 Å². The van der Waals surface area contributed by atoms with Gasteiger partial charge in [-0.3, -0.25) is 4.98 Å². The molecule has 0 radical (unpaired) electrons. The van der Waals surface area contributed by atoms with Crippen molar-refractivity contribution in [3.05, 3.63) is 42.1 Å². The van der Waals surface area contributed by atoms with Gasteiger partial charge in [0.2, 0.25) is 0 Å². The Morgan fingerprint density at radius 3 is 2.95 bits per heavy atom. The molecule has 1 aromatic carbocycles. The van der Waals surface area contributed by atoms with Gasteiger partial charge < -0.3 is 5.32 Å². The molecule has 0 amide bonds. The molecular formula is C16H22N2S. The fourth-order valence-corrected chi connectivity index (χ4v) is 2.82. The number of nitrogens with zero attached hydrogens (tertiary/aromatic N) is 1. The number of pyridine rings is 1. The molecule has 1 unspecified atom stereocenters. The maximum Gasteiger partial charge on any atom is 0.0705 e. The number of hydrogen-bond donors (Lipinski definition) is 1. The summed E-state index contributed by atoms with van der Waals surface area (Å²) in [6.45, 7) is 3.28. The van der Waals surface area contributed by atoms with Crippen LogP contribution in [0.3, 0.4) is 0 Å². The van der Waals surface area contributed by atoms with Crippen molar-refractivity contribution in [1.29, 1.82) is 0 Å². The van der Waals surface area contributed by atoms with E-state index in [0.29, 0.717) is 6.04 Å². The van der Waals surface area contributed by atoms with Gasteiger partial charge in [0.25, 0.3) is 0 Å². The molecule has 0 fully saturated rings. The van der Waals surface area contributed by atoms with E-state index >= 15 is 0 Å². The smallest absolute Gasteiger partial charge is 0.0705 e. The first kappa shape index (κ1) is 14.4. The summed E-state index contributed by atoms with van der Waals surface area (Å²) in [5.41, 5.74) is 2.47. The SMILES string of the molecule is CCCNC(CCSC)c1cccc2ncccc12. The van der Waals surface area contributed by atoms with Crippen molar-refractivity contribution in [2.75, 3.05) is 18.6 Å². The van der Waals surface area contributed by atoms with E-state index in [1.54, 1.807) is 0 Å². The molecule has 1 heterocycles. The molecule has 0 aliphatic heterocycles. The fourth-order valence-electron chi connectivity index (χ4n) is 2.35. The minimum atomic E-state index is 0.431. The molecule has 0 spiro atoms. The minimum absolute atomic E-state index is 0.431. The highest BCUT2D eigenvalue weighted by atomic mass is 32.2. The van der Waals surface area contributed by atoms with Crippen LogP contribution >= 0.6 is 11.8 Å². The standard InChI is InChI=1S/C16H22N2S/c1-3-10-17-16(9-12-19-2)13-6-4-8-15-14(13)7-5-11-18-15/h4-8,11,16-17H,3,9-10,12H2,1-2H3. The predicted octanol–water partition coefficient (Wildman–Crippen LogP) is 4.03. The van der Waals surface area contributed by atoms with E-state index in [9.17, 15) is 0 Å². The van der Waals surface area contributed by atoms with E-state index in [4.69, 9.17) is 0 Å². The molecule has 0 aliphatic carbocycles. The Balaban J connectivity index is 2.31. The topological polar surface area (TPSA) is 24.9 Å². The van der Waals surface area contributed by atoms with E-state index in [1.165, 1.54) is 23.1 Å². The molecule has 0 bridgehead atoms. The first-order chi connectivity index (χ1) is 9.36. The Kier molecular flexibility index (Phi) is 5.67. The molecule has 1 aromatic heterocycles. The van der Waals surface area contributed by atoms with Crippen molar-refractivity contribution < 1.29 is 0 Å². The molecule has 102 valence electrons. The summed E-state index contributed by atoms with van der Waals surface area (Å²) in [7, 11) is 0. The maximum atomic E-state index is 4.45. The molecule has 2 aromatic rings. The Bertz CT molecular complexity index is 500. The zero-order valence-corrected chi connectivity index (χ0v) is 12.5. The monoisotopic (exact) mass is 274 g/mol. The third kappa shape index (κ3) is 3.71. The lowest BCUT2D eigenvalue weighted by Crippen LogP contribution is -2.23. The second kappa shape index (κ2) is 7.51. The molecule has 1 N–H and O–H groups in total. The number of thioether (sulfide) groups is 1. The van der Waals surface area contributed by atoms with Gasteiger partial charge in [-0.2, -0.15) is 11.8 Å². The Hall–Kier alpha value is -1.06. The summed E-state index contributed by atoms with van der Waals surface area (Å²) in [5.74, 6) is 1.18. The van der Waals surface area contributed by atoms with Crippen LogP contribution in [0, 0.1) is 0 Å². The fraction of sp³-hybridized carbons (Fsp3) is 0.438. The van der Waals surface area contributed by atoms with Gasteiger partial charge in [-0.25, -0.2) is 0 Å². The molecule has 2 nitrogen and oxygen atoms in total. The third-order valence-electron chi connectivity index (χ3n) is 3.31. The van der Waals surface area contributed by atoms with Gasteiger partial charge in [-0.1, -0.05) is 25.1 Å². The van der Waals surface area contributed by atoms with Crippen molar-refractivity contribution in [3.8, 4) is 0 Å². The van der Waals surface area contributed by atoms with Gasteiger partial charge in [0.05, 0.1) is 5.52 Å². The van der Waals surface area contributed by atoms with Crippen LogP contribution in [0.2, 0.25) is 0 Å². The van der Waals surface area contributed by atoms with Gasteiger partial charge in [0, 0.05) is 17.6 Å². The Morgan fingerprint density at radius 1 is 1.26 bits per heavy atom. The van der Waals surface area contributed by atoms with Crippen molar-refractivity contribution in [3.63, 3.8) is 0 Å². The van der Waals surface area contributed by atoms with E-state index in [1.807, 2.05) is 24.0 Å². The average molecular weight is 274 g/mol. The van der Waals surface area contributed by atoms with E-state index in [2.05, 4.69) is 47.7 Å². The summed E-state index contributed by atoms with van der Waals surface area (Å²) in [4.78, 5) is 4.45. The summed E-state index contributed by atoms with van der Waals surface area (Å²) in [6, 6.07) is 11.1. The lowest BCUT2D eigenvalue weighted by molar-refractivity contribution is 0.524. The second-order valence-electron chi connectivity index (χ2n) is 4.71. The number of aromatic nitrogens is 1. The molecule has 2 rings (SSSR count). The normalized spacial score (nSPS) is 12.7. The number of rotatable bonds is 7. The lowest BCUT2D eigenvalue weighted by atomic mass is 9.99. The maximum absolute atomic E-state index is 4.45. The molecule has 19 heavy (non-hydrogen) atoms. The molecule has 1 atom stereocenters. The molecule has 0 saturated carbocycles. The number of nitrogens with one attached hydrogen (secondary N) is 1. The minimum Gasteiger partial charge on any atom is -0.310 e. The van der Waals surface area contributed by atoms with E-state index in [0.717, 1.165) is 18.5 Å². The highest BCUT2D eigenvalue weighted by Gasteiger charge is 2.13. The summed E-state index contributed by atoms with van der Waals surface area (Å²) >= 11 is 1.91. The Labute approximate surface area is 120 Å². The summed E-state index contributed by atoms with van der Waals surface area (Å²) < 4.78 is 0. The van der Waals surface area contributed by atoms with Crippen LogP contribution in [0.1, 0.15) is 31.4 Å². The van der Waals surface area contributed by atoms with Crippen LogP contribution in [0.5, 0.6) is 0 Å². The van der Waals surface area contributed by atoms with Crippen molar-refractivity contribution in [2.45, 2.75) is 25.8 Å². The summed E-state index contributed by atoms with van der Waals surface area (Å²) in [5, 5.41) is 4.95. The van der Waals surface area contributed by atoms with Crippen LogP contribution in [0.15, 0.2) is 36.5 Å². The number of benzene rings is 1. The first-order valence-corrected chi connectivity index (χ1v) is 8.32. The van der Waals surface area contributed by atoms with Gasteiger partial charge in [-0.15, -0.1) is 0 Å². The van der Waals surface area contributed by atoms with Crippen molar-refractivity contribution >= 4 is 22.7 Å². The predicted molar refractivity (Wildman–Crippen MR) is 85.8 cm³/mol. The van der Waals surface area contributed by atoms with Crippen LogP contribution < -0.4 is 5.32 Å². The second-order valence-corrected chi connectivity index (χ2v) is 5.69. The van der Waals surface area contributed by atoms with Gasteiger partial charge in [0.15, 0.2) is 0 Å². The van der Waals surface area contributed by atoms with Gasteiger partial charge >= 0.3 is 0 Å². The molecule has 3 heteroatoms. The lowest BCUT2D eigenvalue weighted by Gasteiger charge is -2.20. The van der Waals surface area contributed by atoms with Crippen LogP contribution in [0.25, 0.3) is 10.9 Å². The largest absolute Gasteiger partial charge is 0.310 e. The highest BCUT2D eigenvalue weighted by molar-refractivity contribution is 7.98. The molecule has 0 saturated heterocycles. The highest BCUT2D eigenvalue weighted by Crippen LogP contribution is 2.26. The molecule has 0 aliphatic rings. The van der Waals surface area contributed by atoms with Crippen LogP contribution in [-0.4, -0.2) is 23.5 Å². The number of hydrogen-bond acceptors (Lipinski definition) is 3. The van der Waals surface area contributed by atoms with E-state index < -0.39 is 0 Å². The van der Waals surface area contributed by atoms with Gasteiger partial charge in [0.1, 0.15) is 0 Å².